The van der Waals surface area contributed by atoms with E-state index in [0.29, 0.717) is 31.6 Å². The molecule has 1 aliphatic heterocycles. The van der Waals surface area contributed by atoms with Gasteiger partial charge in [0.25, 0.3) is 5.91 Å². The van der Waals surface area contributed by atoms with E-state index in [0.717, 1.165) is 18.0 Å². The summed E-state index contributed by atoms with van der Waals surface area (Å²) in [6.07, 6.45) is -1.64. The molecule has 4 rings (SSSR count). The summed E-state index contributed by atoms with van der Waals surface area (Å²) >= 11 is 0. The van der Waals surface area contributed by atoms with Gasteiger partial charge in [0, 0.05) is 38.0 Å². The van der Waals surface area contributed by atoms with Crippen molar-refractivity contribution in [3.05, 3.63) is 54.0 Å². The van der Waals surface area contributed by atoms with Gasteiger partial charge >= 0.3 is 12.1 Å². The van der Waals surface area contributed by atoms with E-state index in [1.807, 2.05) is 6.92 Å². The van der Waals surface area contributed by atoms with E-state index in [2.05, 4.69) is 14.8 Å². The van der Waals surface area contributed by atoms with Crippen molar-refractivity contribution >= 4 is 21.7 Å². The molecule has 0 N–H and O–H groups in total. The SMILES string of the molecule is Cc1cc(C(=O)N2CCC(COc3cnc(-c4ccc(S(C)(=O)=O)cc4)c(OC(=O)C(F)(F)F)c3)CC2)n(C)n1. The fraction of sp³-hybridized carbons (Fsp3) is 0.385. The van der Waals surface area contributed by atoms with Crippen LogP contribution in [0.4, 0.5) is 13.2 Å². The Bertz CT molecular complexity index is 1510. The molecule has 1 aromatic carbocycles. The number of hydrogen-bond acceptors (Lipinski definition) is 8. The standard InChI is InChI=1S/C26H27F3N4O6S/c1-16-12-21(32(2)31-16)24(34)33-10-8-17(9-11-33)15-38-19-13-22(39-25(35)26(27,28)29)23(30-14-19)18-4-6-20(7-5-18)40(3,36)37/h4-7,12-14,17H,8-11,15H2,1-3H3. The molecule has 10 nitrogen and oxygen atoms in total. The molecular formula is C26H27F3N4O6S. The number of ether oxygens (including phenoxy) is 2. The molecule has 0 atom stereocenters. The minimum Gasteiger partial charge on any atom is -0.492 e. The third kappa shape index (κ3) is 6.79. The quantitative estimate of drug-likeness (QED) is 0.389. The lowest BCUT2D eigenvalue weighted by atomic mass is 9.97. The van der Waals surface area contributed by atoms with Gasteiger partial charge < -0.3 is 14.4 Å². The number of halogens is 3. The molecule has 14 heteroatoms. The van der Waals surface area contributed by atoms with Crippen molar-refractivity contribution in [3.8, 4) is 22.8 Å². The van der Waals surface area contributed by atoms with Crippen LogP contribution >= 0.6 is 0 Å². The highest BCUT2D eigenvalue weighted by atomic mass is 32.2. The van der Waals surface area contributed by atoms with Gasteiger partial charge in [0.1, 0.15) is 17.1 Å². The molecule has 0 unspecified atom stereocenters. The van der Waals surface area contributed by atoms with Crippen LogP contribution in [0.2, 0.25) is 0 Å². The molecule has 214 valence electrons. The van der Waals surface area contributed by atoms with Crippen LogP contribution in [-0.4, -0.2) is 72.1 Å². The number of likely N-dealkylation sites (tertiary alicyclic amines) is 1. The first-order valence-electron chi connectivity index (χ1n) is 12.2. The Morgan fingerprint density at radius 3 is 2.30 bits per heavy atom. The number of benzene rings is 1. The largest absolute Gasteiger partial charge is 0.492 e. The van der Waals surface area contributed by atoms with E-state index in [1.165, 1.54) is 30.5 Å². The normalized spacial score (nSPS) is 14.7. The molecule has 1 aliphatic rings. The number of sulfone groups is 1. The molecule has 1 amide bonds. The van der Waals surface area contributed by atoms with Gasteiger partial charge in [-0.15, -0.1) is 0 Å². The zero-order valence-corrected chi connectivity index (χ0v) is 22.8. The molecular weight excluding hydrogens is 553 g/mol. The number of pyridine rings is 1. The van der Waals surface area contributed by atoms with Gasteiger partial charge in [-0.3, -0.25) is 9.48 Å². The number of amides is 1. The summed E-state index contributed by atoms with van der Waals surface area (Å²) < 4.78 is 74.2. The number of carbonyl (C=O) groups is 2. The van der Waals surface area contributed by atoms with Crippen molar-refractivity contribution in [2.75, 3.05) is 26.0 Å². The predicted octanol–water partition coefficient (Wildman–Crippen LogP) is 3.59. The number of aryl methyl sites for hydroxylation is 2. The first-order valence-corrected chi connectivity index (χ1v) is 14.1. The number of carbonyl (C=O) groups excluding carboxylic acids is 2. The average molecular weight is 581 g/mol. The highest BCUT2D eigenvalue weighted by molar-refractivity contribution is 7.90. The van der Waals surface area contributed by atoms with Gasteiger partial charge in [-0.2, -0.15) is 18.3 Å². The summed E-state index contributed by atoms with van der Waals surface area (Å²) in [4.78, 5) is 30.3. The average Bonchev–Trinajstić information content (AvgIpc) is 3.24. The topological polar surface area (TPSA) is 121 Å². The number of rotatable bonds is 7. The van der Waals surface area contributed by atoms with Crippen molar-refractivity contribution < 1.29 is 40.7 Å². The van der Waals surface area contributed by atoms with Gasteiger partial charge in [0.15, 0.2) is 15.6 Å². The lowest BCUT2D eigenvalue weighted by molar-refractivity contribution is -0.189. The number of hydrogen-bond donors (Lipinski definition) is 0. The van der Waals surface area contributed by atoms with Crippen molar-refractivity contribution in [2.24, 2.45) is 13.0 Å². The zero-order chi connectivity index (χ0) is 29.2. The minimum absolute atomic E-state index is 0.00761. The highest BCUT2D eigenvalue weighted by Crippen LogP contribution is 2.34. The van der Waals surface area contributed by atoms with Crippen LogP contribution in [0.1, 0.15) is 29.0 Å². The number of nitrogens with zero attached hydrogens (tertiary/aromatic N) is 4. The van der Waals surface area contributed by atoms with Crippen LogP contribution < -0.4 is 9.47 Å². The molecule has 0 saturated carbocycles. The summed E-state index contributed by atoms with van der Waals surface area (Å²) in [5.74, 6) is -2.87. The molecule has 1 saturated heterocycles. The second-order valence-electron chi connectivity index (χ2n) is 9.54. The van der Waals surface area contributed by atoms with Crippen LogP contribution in [0.25, 0.3) is 11.3 Å². The maximum absolute atomic E-state index is 12.9. The number of piperidine rings is 1. The summed E-state index contributed by atoms with van der Waals surface area (Å²) in [7, 11) is -1.79. The number of alkyl halides is 3. The van der Waals surface area contributed by atoms with Crippen LogP contribution in [0.5, 0.6) is 11.5 Å². The van der Waals surface area contributed by atoms with Gasteiger partial charge in [0.05, 0.1) is 23.4 Å². The molecule has 3 aromatic rings. The molecule has 2 aromatic heterocycles. The van der Waals surface area contributed by atoms with Crippen LogP contribution in [0, 0.1) is 12.8 Å². The first-order chi connectivity index (χ1) is 18.7. The van der Waals surface area contributed by atoms with Crippen molar-refractivity contribution in [1.29, 1.82) is 0 Å². The Morgan fingerprint density at radius 2 is 1.75 bits per heavy atom. The number of esters is 1. The van der Waals surface area contributed by atoms with Crippen molar-refractivity contribution in [1.82, 2.24) is 19.7 Å². The Labute approximate surface area is 228 Å². The van der Waals surface area contributed by atoms with Crippen LogP contribution in [0.3, 0.4) is 0 Å². The molecule has 0 aliphatic carbocycles. The third-order valence-corrected chi connectivity index (χ3v) is 7.55. The van der Waals surface area contributed by atoms with Crippen molar-refractivity contribution in [3.63, 3.8) is 0 Å². The highest BCUT2D eigenvalue weighted by Gasteiger charge is 2.42. The van der Waals surface area contributed by atoms with E-state index in [9.17, 15) is 31.2 Å². The fourth-order valence-electron chi connectivity index (χ4n) is 4.31. The van der Waals surface area contributed by atoms with Gasteiger partial charge in [0.2, 0.25) is 0 Å². The van der Waals surface area contributed by atoms with Gasteiger partial charge in [-0.1, -0.05) is 12.1 Å². The van der Waals surface area contributed by atoms with E-state index < -0.39 is 27.7 Å². The molecule has 0 radical (unpaired) electrons. The third-order valence-electron chi connectivity index (χ3n) is 6.43. The van der Waals surface area contributed by atoms with Gasteiger partial charge in [-0.25, -0.2) is 18.2 Å². The lowest BCUT2D eigenvalue weighted by Gasteiger charge is -2.31. The smallest absolute Gasteiger partial charge is 0.491 e. The minimum atomic E-state index is -5.24. The summed E-state index contributed by atoms with van der Waals surface area (Å²) in [5.41, 5.74) is 1.40. The summed E-state index contributed by atoms with van der Waals surface area (Å²) in [6, 6.07) is 8.13. The number of aromatic nitrogens is 3. The second-order valence-corrected chi connectivity index (χ2v) is 11.6. The van der Waals surface area contributed by atoms with Gasteiger partial charge in [-0.05, 0) is 43.9 Å². The lowest BCUT2D eigenvalue weighted by Crippen LogP contribution is -2.40. The molecule has 0 spiro atoms. The zero-order valence-electron chi connectivity index (χ0n) is 21.9. The molecule has 40 heavy (non-hydrogen) atoms. The Balaban J connectivity index is 1.45. The Kier molecular flexibility index (Phi) is 8.19. The molecule has 1 fully saturated rings. The van der Waals surface area contributed by atoms with Crippen LogP contribution in [-0.2, 0) is 21.7 Å². The summed E-state index contributed by atoms with van der Waals surface area (Å²) in [5, 5.41) is 4.21. The second kappa shape index (κ2) is 11.3. The van der Waals surface area contributed by atoms with E-state index in [4.69, 9.17) is 4.74 Å². The van der Waals surface area contributed by atoms with Crippen LogP contribution in [0.15, 0.2) is 47.5 Å². The maximum atomic E-state index is 12.9. The molecule has 0 bridgehead atoms. The van der Waals surface area contributed by atoms with E-state index in [1.54, 1.807) is 22.7 Å². The predicted molar refractivity (Wildman–Crippen MR) is 137 cm³/mol. The monoisotopic (exact) mass is 580 g/mol. The maximum Gasteiger partial charge on any atom is 0.491 e. The van der Waals surface area contributed by atoms with E-state index in [-0.39, 0.29) is 40.3 Å². The van der Waals surface area contributed by atoms with E-state index >= 15 is 0 Å². The Hall–Kier alpha value is -3.94. The van der Waals surface area contributed by atoms with Crippen molar-refractivity contribution in [2.45, 2.75) is 30.8 Å². The Morgan fingerprint density at radius 1 is 1.10 bits per heavy atom. The first kappa shape index (κ1) is 29.1. The molecule has 3 heterocycles. The summed E-state index contributed by atoms with van der Waals surface area (Å²) in [6.45, 7) is 3.04. The fourth-order valence-corrected chi connectivity index (χ4v) is 4.94.